The van der Waals surface area contributed by atoms with Gasteiger partial charge < -0.3 is 15.2 Å². The Kier molecular flexibility index (Phi) is 5.08. The largest absolute Gasteiger partial charge is 0.397 e. The van der Waals surface area contributed by atoms with Crippen molar-refractivity contribution in [3.8, 4) is 6.07 Å². The van der Waals surface area contributed by atoms with Crippen LogP contribution in [0.1, 0.15) is 41.8 Å². The van der Waals surface area contributed by atoms with Gasteiger partial charge in [0.25, 0.3) is 0 Å². The van der Waals surface area contributed by atoms with E-state index in [-0.39, 0.29) is 12.5 Å². The van der Waals surface area contributed by atoms with Gasteiger partial charge in [0.15, 0.2) is 0 Å². The highest BCUT2D eigenvalue weighted by molar-refractivity contribution is 5.77. The van der Waals surface area contributed by atoms with Crippen molar-refractivity contribution < 1.29 is 4.79 Å². The number of hydrogen-bond donors (Lipinski definition) is 1. The lowest BCUT2D eigenvalue weighted by Crippen LogP contribution is -2.38. The van der Waals surface area contributed by atoms with Gasteiger partial charge >= 0.3 is 0 Å². The number of nitriles is 1. The van der Waals surface area contributed by atoms with Crippen LogP contribution in [-0.2, 0) is 17.8 Å². The van der Waals surface area contributed by atoms with E-state index in [0.29, 0.717) is 17.8 Å². The molecule has 1 aliphatic heterocycles. The molecule has 1 fully saturated rings. The molecule has 1 aromatic heterocycles. The van der Waals surface area contributed by atoms with Crippen molar-refractivity contribution in [2.45, 2.75) is 39.2 Å². The van der Waals surface area contributed by atoms with Crippen LogP contribution in [0.2, 0.25) is 0 Å². The van der Waals surface area contributed by atoms with Crippen molar-refractivity contribution in [2.75, 3.05) is 18.8 Å². The van der Waals surface area contributed by atoms with E-state index < -0.39 is 0 Å². The minimum Gasteiger partial charge on any atom is -0.397 e. The second-order valence-electron chi connectivity index (χ2n) is 6.73. The SMILES string of the molecule is Cc1ccc(Cc2c(N)cc(C#N)n2CC(=O)N2CCCCC2)cc1. The van der Waals surface area contributed by atoms with E-state index in [0.717, 1.165) is 37.2 Å². The summed E-state index contributed by atoms with van der Waals surface area (Å²) in [6.07, 6.45) is 3.91. The molecule has 130 valence electrons. The summed E-state index contributed by atoms with van der Waals surface area (Å²) in [5.41, 5.74) is 10.3. The maximum atomic E-state index is 12.6. The Morgan fingerprint density at radius 1 is 1.20 bits per heavy atom. The Morgan fingerprint density at radius 3 is 2.52 bits per heavy atom. The number of rotatable bonds is 4. The third kappa shape index (κ3) is 3.85. The molecule has 25 heavy (non-hydrogen) atoms. The third-order valence-electron chi connectivity index (χ3n) is 4.85. The number of carbonyl (C=O) groups excluding carboxylic acids is 1. The van der Waals surface area contributed by atoms with Crippen molar-refractivity contribution >= 4 is 11.6 Å². The lowest BCUT2D eigenvalue weighted by atomic mass is 10.1. The average Bonchev–Trinajstić information content (AvgIpc) is 2.93. The first-order chi connectivity index (χ1) is 12.1. The number of likely N-dealkylation sites (tertiary alicyclic amines) is 1. The molecule has 0 unspecified atom stereocenters. The minimum absolute atomic E-state index is 0.0666. The summed E-state index contributed by atoms with van der Waals surface area (Å²) in [5, 5.41) is 9.43. The first-order valence-electron chi connectivity index (χ1n) is 8.80. The van der Waals surface area contributed by atoms with Crippen molar-refractivity contribution in [3.05, 3.63) is 52.8 Å². The highest BCUT2D eigenvalue weighted by Crippen LogP contribution is 2.22. The number of nitrogen functional groups attached to an aromatic ring is 1. The van der Waals surface area contributed by atoms with Crippen LogP contribution >= 0.6 is 0 Å². The van der Waals surface area contributed by atoms with E-state index in [9.17, 15) is 10.1 Å². The summed E-state index contributed by atoms with van der Waals surface area (Å²) in [7, 11) is 0. The van der Waals surface area contributed by atoms with E-state index >= 15 is 0 Å². The Balaban J connectivity index is 1.85. The molecule has 3 rings (SSSR count). The zero-order valence-corrected chi connectivity index (χ0v) is 14.7. The zero-order valence-electron chi connectivity index (χ0n) is 14.7. The van der Waals surface area contributed by atoms with Gasteiger partial charge in [-0.3, -0.25) is 4.79 Å². The van der Waals surface area contributed by atoms with Crippen molar-refractivity contribution in [1.29, 1.82) is 5.26 Å². The van der Waals surface area contributed by atoms with Gasteiger partial charge in [0.1, 0.15) is 18.3 Å². The molecule has 5 heteroatoms. The number of nitrogens with zero attached hydrogens (tertiary/aromatic N) is 3. The maximum absolute atomic E-state index is 12.6. The smallest absolute Gasteiger partial charge is 0.242 e. The molecule has 0 radical (unpaired) electrons. The van der Waals surface area contributed by atoms with Crippen LogP contribution in [0.15, 0.2) is 30.3 Å². The summed E-state index contributed by atoms with van der Waals surface area (Å²) in [6, 6.07) is 12.1. The van der Waals surface area contributed by atoms with Crippen molar-refractivity contribution in [3.63, 3.8) is 0 Å². The van der Waals surface area contributed by atoms with Gasteiger partial charge in [-0.25, -0.2) is 0 Å². The number of aryl methyl sites for hydroxylation is 1. The molecule has 0 atom stereocenters. The van der Waals surface area contributed by atoms with Gasteiger partial charge in [0, 0.05) is 25.2 Å². The van der Waals surface area contributed by atoms with Crippen LogP contribution in [-0.4, -0.2) is 28.5 Å². The Bertz CT molecular complexity index is 792. The fraction of sp³-hybridized carbons (Fsp3) is 0.400. The van der Waals surface area contributed by atoms with Gasteiger partial charge in [0.2, 0.25) is 5.91 Å². The van der Waals surface area contributed by atoms with Gasteiger partial charge in [-0.15, -0.1) is 0 Å². The van der Waals surface area contributed by atoms with Gasteiger partial charge in [0.05, 0.1) is 5.69 Å². The van der Waals surface area contributed by atoms with Crippen molar-refractivity contribution in [1.82, 2.24) is 9.47 Å². The van der Waals surface area contributed by atoms with Crippen LogP contribution < -0.4 is 5.73 Å². The van der Waals surface area contributed by atoms with E-state index in [1.807, 2.05) is 11.8 Å². The van der Waals surface area contributed by atoms with Crippen LogP contribution in [0.25, 0.3) is 0 Å². The maximum Gasteiger partial charge on any atom is 0.242 e. The molecular weight excluding hydrogens is 312 g/mol. The van der Waals surface area contributed by atoms with Crippen LogP contribution in [0, 0.1) is 18.3 Å². The van der Waals surface area contributed by atoms with Crippen LogP contribution in [0.5, 0.6) is 0 Å². The predicted molar refractivity (Wildman–Crippen MR) is 98.0 cm³/mol. The topological polar surface area (TPSA) is 75.0 Å². The fourth-order valence-corrected chi connectivity index (χ4v) is 3.36. The molecule has 0 aliphatic carbocycles. The number of aromatic nitrogens is 1. The number of benzene rings is 1. The number of piperidine rings is 1. The third-order valence-corrected chi connectivity index (χ3v) is 4.85. The number of amides is 1. The fourth-order valence-electron chi connectivity index (χ4n) is 3.36. The molecule has 2 heterocycles. The molecule has 1 aromatic carbocycles. The molecule has 0 bridgehead atoms. The van der Waals surface area contributed by atoms with Crippen LogP contribution in [0.4, 0.5) is 5.69 Å². The van der Waals surface area contributed by atoms with E-state index in [1.54, 1.807) is 10.6 Å². The van der Waals surface area contributed by atoms with E-state index in [4.69, 9.17) is 5.73 Å². The molecule has 2 aromatic rings. The second kappa shape index (κ2) is 7.43. The lowest BCUT2D eigenvalue weighted by molar-refractivity contribution is -0.132. The standard InChI is InChI=1S/C20H24N4O/c1-15-5-7-16(8-6-15)11-19-18(22)12-17(13-21)24(19)14-20(25)23-9-3-2-4-10-23/h5-8,12H,2-4,9-11,14,22H2,1H3. The van der Waals surface area contributed by atoms with E-state index in [1.165, 1.54) is 12.0 Å². The summed E-state index contributed by atoms with van der Waals surface area (Å²) in [5.74, 6) is 0.0666. The summed E-state index contributed by atoms with van der Waals surface area (Å²) < 4.78 is 1.78. The molecule has 1 aliphatic rings. The second-order valence-corrected chi connectivity index (χ2v) is 6.73. The highest BCUT2D eigenvalue weighted by Gasteiger charge is 2.21. The molecule has 5 nitrogen and oxygen atoms in total. The summed E-state index contributed by atoms with van der Waals surface area (Å²) in [6.45, 7) is 3.85. The van der Waals surface area contributed by atoms with Crippen LogP contribution in [0.3, 0.4) is 0 Å². The normalized spacial score (nSPS) is 14.3. The Labute approximate surface area is 148 Å². The lowest BCUT2D eigenvalue weighted by Gasteiger charge is -2.27. The van der Waals surface area contributed by atoms with Gasteiger partial charge in [-0.05, 0) is 37.8 Å². The Hall–Kier alpha value is -2.74. The zero-order chi connectivity index (χ0) is 17.8. The van der Waals surface area contributed by atoms with Gasteiger partial charge in [-0.1, -0.05) is 29.8 Å². The highest BCUT2D eigenvalue weighted by atomic mass is 16.2. The molecular formula is C20H24N4O. The molecule has 0 saturated carbocycles. The Morgan fingerprint density at radius 2 is 1.88 bits per heavy atom. The van der Waals surface area contributed by atoms with E-state index in [2.05, 4.69) is 30.3 Å². The molecule has 1 saturated heterocycles. The number of hydrogen-bond acceptors (Lipinski definition) is 3. The quantitative estimate of drug-likeness (QED) is 0.933. The number of carbonyl (C=O) groups is 1. The van der Waals surface area contributed by atoms with Gasteiger partial charge in [-0.2, -0.15) is 5.26 Å². The molecule has 1 amide bonds. The summed E-state index contributed by atoms with van der Waals surface area (Å²) in [4.78, 5) is 14.5. The first-order valence-corrected chi connectivity index (χ1v) is 8.80. The van der Waals surface area contributed by atoms with Crippen molar-refractivity contribution in [2.24, 2.45) is 0 Å². The minimum atomic E-state index is 0.0666. The number of anilines is 1. The number of nitrogens with two attached hydrogens (primary N) is 1. The molecule has 2 N–H and O–H groups in total. The first kappa shape index (κ1) is 17.1. The average molecular weight is 336 g/mol. The summed E-state index contributed by atoms with van der Waals surface area (Å²) >= 11 is 0. The predicted octanol–water partition coefficient (Wildman–Crippen LogP) is 2.85. The monoisotopic (exact) mass is 336 g/mol. The molecule has 0 spiro atoms.